The summed E-state index contributed by atoms with van der Waals surface area (Å²) in [4.78, 5) is 21.9. The van der Waals surface area contributed by atoms with Crippen molar-refractivity contribution in [2.45, 2.75) is 13.5 Å². The number of carboxylic acids is 1. The number of nitrogens with one attached hydrogen (secondary N) is 1. The van der Waals surface area contributed by atoms with E-state index in [1.165, 1.54) is 6.08 Å². The molecule has 1 amide bonds. The first-order chi connectivity index (χ1) is 14.0. The van der Waals surface area contributed by atoms with Crippen LogP contribution < -0.4 is 10.1 Å². The van der Waals surface area contributed by atoms with E-state index in [0.717, 1.165) is 22.4 Å². The largest absolute Gasteiger partial charge is 0.489 e. The molecule has 29 heavy (non-hydrogen) atoms. The standard InChI is InChI=1S/C22H20N2O5/c1-15-19(22(24-29-15)17-5-3-2-4-6-17)14-28-18-10-7-16(8-11-18)9-12-20(25)23-13-21(26)27/h2-12H,13-14H2,1H3,(H,23,25)(H,26,27)/b12-9+. The lowest BCUT2D eigenvalue weighted by molar-refractivity contribution is -0.137. The minimum atomic E-state index is -1.09. The average molecular weight is 392 g/mol. The van der Waals surface area contributed by atoms with Crippen LogP contribution in [0.4, 0.5) is 0 Å². The summed E-state index contributed by atoms with van der Waals surface area (Å²) < 4.78 is 11.2. The molecule has 0 spiro atoms. The molecule has 0 aliphatic rings. The quantitative estimate of drug-likeness (QED) is 0.570. The Morgan fingerprint density at radius 3 is 2.55 bits per heavy atom. The van der Waals surface area contributed by atoms with Crippen molar-refractivity contribution in [3.05, 3.63) is 77.6 Å². The van der Waals surface area contributed by atoms with E-state index in [0.29, 0.717) is 18.1 Å². The van der Waals surface area contributed by atoms with Gasteiger partial charge in [-0.2, -0.15) is 0 Å². The first-order valence-electron chi connectivity index (χ1n) is 8.94. The summed E-state index contributed by atoms with van der Waals surface area (Å²) in [6, 6.07) is 16.9. The Bertz CT molecular complexity index is 1010. The number of benzene rings is 2. The monoisotopic (exact) mass is 392 g/mol. The van der Waals surface area contributed by atoms with E-state index in [4.69, 9.17) is 14.4 Å². The molecular weight excluding hydrogens is 372 g/mol. The third kappa shape index (κ3) is 5.55. The number of aliphatic carboxylic acids is 1. The fourth-order valence-corrected chi connectivity index (χ4v) is 2.61. The Morgan fingerprint density at radius 1 is 1.14 bits per heavy atom. The van der Waals surface area contributed by atoms with Crippen molar-refractivity contribution < 1.29 is 24.0 Å². The number of carbonyl (C=O) groups excluding carboxylic acids is 1. The van der Waals surface area contributed by atoms with Gasteiger partial charge < -0.3 is 19.7 Å². The van der Waals surface area contributed by atoms with Crippen molar-refractivity contribution >= 4 is 18.0 Å². The smallest absolute Gasteiger partial charge is 0.322 e. The van der Waals surface area contributed by atoms with Crippen molar-refractivity contribution in [3.63, 3.8) is 0 Å². The third-order valence-electron chi connectivity index (χ3n) is 4.14. The minimum Gasteiger partial charge on any atom is -0.489 e. The molecule has 1 aromatic heterocycles. The predicted octanol–water partition coefficient (Wildman–Crippen LogP) is 3.44. The Hall–Kier alpha value is -3.87. The normalized spacial score (nSPS) is 10.8. The summed E-state index contributed by atoms with van der Waals surface area (Å²) in [7, 11) is 0. The van der Waals surface area contributed by atoms with Gasteiger partial charge in [-0.05, 0) is 30.7 Å². The van der Waals surface area contributed by atoms with E-state index in [9.17, 15) is 9.59 Å². The number of amides is 1. The average Bonchev–Trinajstić information content (AvgIpc) is 3.11. The molecule has 3 aromatic rings. The van der Waals surface area contributed by atoms with Crippen LogP contribution in [0, 0.1) is 6.92 Å². The van der Waals surface area contributed by atoms with E-state index in [-0.39, 0.29) is 0 Å². The number of hydrogen-bond donors (Lipinski definition) is 2. The van der Waals surface area contributed by atoms with Crippen molar-refractivity contribution in [1.82, 2.24) is 10.5 Å². The van der Waals surface area contributed by atoms with Crippen LogP contribution in [0.15, 0.2) is 65.2 Å². The SMILES string of the molecule is Cc1onc(-c2ccccc2)c1COc1ccc(/C=C/C(=O)NCC(=O)O)cc1. The zero-order valence-electron chi connectivity index (χ0n) is 15.8. The summed E-state index contributed by atoms with van der Waals surface area (Å²) in [5, 5.41) is 14.9. The van der Waals surface area contributed by atoms with Crippen LogP contribution in [-0.4, -0.2) is 28.7 Å². The molecule has 0 bridgehead atoms. The second-order valence-corrected chi connectivity index (χ2v) is 6.23. The van der Waals surface area contributed by atoms with Gasteiger partial charge in [0, 0.05) is 11.6 Å². The van der Waals surface area contributed by atoms with E-state index in [1.807, 2.05) is 37.3 Å². The Labute approximate surface area is 167 Å². The maximum absolute atomic E-state index is 11.5. The predicted molar refractivity (Wildman–Crippen MR) is 107 cm³/mol. The summed E-state index contributed by atoms with van der Waals surface area (Å²) in [5.41, 5.74) is 3.39. The number of nitrogens with zero attached hydrogens (tertiary/aromatic N) is 1. The van der Waals surface area contributed by atoms with Crippen LogP contribution >= 0.6 is 0 Å². The molecule has 0 unspecified atom stereocenters. The fraction of sp³-hybridized carbons (Fsp3) is 0.136. The van der Waals surface area contributed by atoms with Gasteiger partial charge in [0.15, 0.2) is 0 Å². The first-order valence-corrected chi connectivity index (χ1v) is 8.94. The first kappa shape index (κ1) is 19.9. The molecule has 2 N–H and O–H groups in total. The van der Waals surface area contributed by atoms with Gasteiger partial charge in [-0.15, -0.1) is 0 Å². The van der Waals surface area contributed by atoms with Crippen molar-refractivity contribution in [3.8, 4) is 17.0 Å². The molecule has 0 saturated carbocycles. The highest BCUT2D eigenvalue weighted by molar-refractivity contribution is 5.93. The van der Waals surface area contributed by atoms with Crippen LogP contribution in [0.5, 0.6) is 5.75 Å². The molecular formula is C22H20N2O5. The highest BCUT2D eigenvalue weighted by Crippen LogP contribution is 2.26. The maximum Gasteiger partial charge on any atom is 0.322 e. The lowest BCUT2D eigenvalue weighted by atomic mass is 10.1. The van der Waals surface area contributed by atoms with Crippen molar-refractivity contribution in [2.75, 3.05) is 6.54 Å². The van der Waals surface area contributed by atoms with E-state index >= 15 is 0 Å². The van der Waals surface area contributed by atoms with Crippen molar-refractivity contribution in [1.29, 1.82) is 0 Å². The molecule has 0 fully saturated rings. The molecule has 7 heteroatoms. The van der Waals surface area contributed by atoms with Crippen LogP contribution in [-0.2, 0) is 16.2 Å². The molecule has 0 saturated heterocycles. The van der Waals surface area contributed by atoms with Crippen LogP contribution in [0.3, 0.4) is 0 Å². The van der Waals surface area contributed by atoms with Gasteiger partial charge >= 0.3 is 5.97 Å². The van der Waals surface area contributed by atoms with Gasteiger partial charge in [0.1, 0.15) is 30.4 Å². The lowest BCUT2D eigenvalue weighted by Gasteiger charge is -2.07. The zero-order chi connectivity index (χ0) is 20.6. The second-order valence-electron chi connectivity index (χ2n) is 6.23. The summed E-state index contributed by atoms with van der Waals surface area (Å²) in [6.07, 6.45) is 2.88. The fourth-order valence-electron chi connectivity index (χ4n) is 2.61. The Balaban J connectivity index is 1.61. The van der Waals surface area contributed by atoms with Crippen LogP contribution in [0.2, 0.25) is 0 Å². The summed E-state index contributed by atoms with van der Waals surface area (Å²) in [6.45, 7) is 1.75. The highest BCUT2D eigenvalue weighted by atomic mass is 16.5. The number of ether oxygens (including phenoxy) is 1. The molecule has 1 heterocycles. The molecule has 0 atom stereocenters. The molecule has 0 radical (unpaired) electrons. The number of aryl methyl sites for hydroxylation is 1. The molecule has 2 aromatic carbocycles. The zero-order valence-corrected chi connectivity index (χ0v) is 15.8. The number of aromatic nitrogens is 1. The Kier molecular flexibility index (Phi) is 6.42. The second kappa shape index (κ2) is 9.36. The molecule has 0 aliphatic heterocycles. The van der Waals surface area contributed by atoms with E-state index in [1.54, 1.807) is 30.3 Å². The third-order valence-corrected chi connectivity index (χ3v) is 4.14. The van der Waals surface area contributed by atoms with Crippen LogP contribution in [0.1, 0.15) is 16.9 Å². The molecule has 7 nitrogen and oxygen atoms in total. The minimum absolute atomic E-state index is 0.312. The molecule has 3 rings (SSSR count). The Morgan fingerprint density at radius 2 is 1.86 bits per heavy atom. The highest BCUT2D eigenvalue weighted by Gasteiger charge is 2.15. The number of carboxylic acid groups (broad SMARTS) is 1. The van der Waals surface area contributed by atoms with E-state index < -0.39 is 18.4 Å². The van der Waals surface area contributed by atoms with E-state index in [2.05, 4.69) is 10.5 Å². The van der Waals surface area contributed by atoms with Gasteiger partial charge in [-0.25, -0.2) is 0 Å². The van der Waals surface area contributed by atoms with Gasteiger partial charge in [-0.1, -0.05) is 47.6 Å². The number of rotatable bonds is 8. The van der Waals surface area contributed by atoms with Crippen molar-refractivity contribution in [2.24, 2.45) is 0 Å². The summed E-state index contributed by atoms with van der Waals surface area (Å²) >= 11 is 0. The lowest BCUT2D eigenvalue weighted by Crippen LogP contribution is -2.27. The van der Waals surface area contributed by atoms with Gasteiger partial charge in [0.05, 0.1) is 5.56 Å². The topological polar surface area (TPSA) is 102 Å². The number of hydrogen-bond acceptors (Lipinski definition) is 5. The molecule has 0 aliphatic carbocycles. The summed E-state index contributed by atoms with van der Waals surface area (Å²) in [5.74, 6) is -0.191. The van der Waals surface area contributed by atoms with Gasteiger partial charge in [0.25, 0.3) is 0 Å². The molecule has 148 valence electrons. The number of carbonyl (C=O) groups is 2. The van der Waals surface area contributed by atoms with Gasteiger partial charge in [-0.3, -0.25) is 9.59 Å². The van der Waals surface area contributed by atoms with Gasteiger partial charge in [0.2, 0.25) is 5.91 Å². The van der Waals surface area contributed by atoms with Crippen LogP contribution in [0.25, 0.3) is 17.3 Å². The maximum atomic E-state index is 11.5.